The molecule has 0 aromatic carbocycles. The van der Waals surface area contributed by atoms with Crippen LogP contribution in [0.3, 0.4) is 0 Å². The maximum atomic E-state index is 12.1. The lowest BCUT2D eigenvalue weighted by atomic mass is 10.1. The van der Waals surface area contributed by atoms with Crippen molar-refractivity contribution in [3.05, 3.63) is 35.7 Å². The van der Waals surface area contributed by atoms with E-state index >= 15 is 0 Å². The fourth-order valence-corrected chi connectivity index (χ4v) is 1.57. The number of pyridine rings is 1. The monoisotopic (exact) mass is 294 g/mol. The Kier molecular flexibility index (Phi) is 5.76. The second-order valence-corrected chi connectivity index (χ2v) is 6.27. The number of nitrogens with one attached hydrogen (secondary N) is 1. The van der Waals surface area contributed by atoms with Crippen LogP contribution in [0.15, 0.2) is 24.4 Å². The summed E-state index contributed by atoms with van der Waals surface area (Å²) in [5, 5.41) is 11.5. The highest BCUT2D eigenvalue weighted by atomic mass is 32.2. The van der Waals surface area contributed by atoms with Crippen molar-refractivity contribution >= 4 is 29.7 Å². The van der Waals surface area contributed by atoms with Gasteiger partial charge in [-0.25, -0.2) is 4.79 Å². The van der Waals surface area contributed by atoms with E-state index in [4.69, 9.17) is 5.11 Å². The van der Waals surface area contributed by atoms with Crippen LogP contribution in [0.4, 0.5) is 0 Å². The number of nitrogens with zero attached hydrogens (tertiary/aromatic N) is 1. The summed E-state index contributed by atoms with van der Waals surface area (Å²) in [7, 11) is 0. The van der Waals surface area contributed by atoms with E-state index in [-0.39, 0.29) is 16.3 Å². The average Bonchev–Trinajstić information content (AvgIpc) is 2.43. The lowest BCUT2D eigenvalue weighted by Gasteiger charge is -2.22. The molecule has 108 valence electrons. The first-order valence-corrected chi connectivity index (χ1v) is 7.27. The van der Waals surface area contributed by atoms with Crippen molar-refractivity contribution < 1.29 is 14.7 Å². The highest BCUT2D eigenvalue weighted by molar-refractivity contribution is 7.99. The Balaban J connectivity index is 2.85. The molecule has 20 heavy (non-hydrogen) atoms. The molecular weight excluding hydrogens is 276 g/mol. The summed E-state index contributed by atoms with van der Waals surface area (Å²) in [6.45, 7) is 4.56. The third kappa shape index (κ3) is 5.05. The van der Waals surface area contributed by atoms with Gasteiger partial charge < -0.3 is 10.4 Å². The molecule has 5 nitrogen and oxygen atoms in total. The van der Waals surface area contributed by atoms with Crippen LogP contribution in [-0.2, 0) is 4.79 Å². The molecule has 0 saturated heterocycles. The van der Waals surface area contributed by atoms with Crippen LogP contribution in [0.1, 0.15) is 29.9 Å². The second kappa shape index (κ2) is 7.09. The maximum absolute atomic E-state index is 12.1. The van der Waals surface area contributed by atoms with Crippen LogP contribution in [-0.4, -0.2) is 39.5 Å². The van der Waals surface area contributed by atoms with Gasteiger partial charge >= 0.3 is 5.97 Å². The van der Waals surface area contributed by atoms with Crippen molar-refractivity contribution in [2.24, 2.45) is 0 Å². The highest BCUT2D eigenvalue weighted by Gasteiger charge is 2.19. The zero-order valence-electron chi connectivity index (χ0n) is 11.7. The van der Waals surface area contributed by atoms with Crippen molar-refractivity contribution in [3.63, 3.8) is 0 Å². The van der Waals surface area contributed by atoms with Gasteiger partial charge in [0.1, 0.15) is 5.69 Å². The molecule has 1 rings (SSSR count). The third-order valence-electron chi connectivity index (χ3n) is 2.69. The molecule has 0 aliphatic carbocycles. The molecule has 6 heteroatoms. The van der Waals surface area contributed by atoms with E-state index in [0.29, 0.717) is 12.1 Å². The van der Waals surface area contributed by atoms with Crippen molar-refractivity contribution in [1.82, 2.24) is 10.3 Å². The molecule has 1 aromatic rings. The topological polar surface area (TPSA) is 79.3 Å². The van der Waals surface area contributed by atoms with Crippen molar-refractivity contribution in [1.29, 1.82) is 0 Å². The quantitative estimate of drug-likeness (QED) is 0.785. The number of amides is 1. The molecule has 0 fully saturated rings. The van der Waals surface area contributed by atoms with E-state index in [1.165, 1.54) is 12.3 Å². The molecule has 0 unspecified atom stereocenters. The Morgan fingerprint density at radius 2 is 2.20 bits per heavy atom. The minimum Gasteiger partial charge on any atom is -0.478 e. The second-order valence-electron chi connectivity index (χ2n) is 4.76. The normalized spacial score (nSPS) is 11.6. The summed E-state index contributed by atoms with van der Waals surface area (Å²) in [5.74, 6) is -1.37. The first kappa shape index (κ1) is 16.2. The van der Waals surface area contributed by atoms with Crippen molar-refractivity contribution in [2.45, 2.75) is 18.6 Å². The number of carboxylic acids is 1. The van der Waals surface area contributed by atoms with Gasteiger partial charge in [0.25, 0.3) is 5.91 Å². The van der Waals surface area contributed by atoms with Gasteiger partial charge in [-0.15, -0.1) is 0 Å². The summed E-state index contributed by atoms with van der Waals surface area (Å²) >= 11 is 1.66. The standard InChI is InChI=1S/C14H18N2O3S/c1-14(2,20-3)9-16-13(19)12-10(5-4-8-15-12)6-7-11(17)18/h4-8H,9H2,1-3H3,(H,16,19)(H,17,18)/b7-6+. The predicted molar refractivity (Wildman–Crippen MR) is 80.8 cm³/mol. The first-order valence-electron chi connectivity index (χ1n) is 6.05. The summed E-state index contributed by atoms with van der Waals surface area (Å²) in [6, 6.07) is 3.31. The summed E-state index contributed by atoms with van der Waals surface area (Å²) < 4.78 is -0.0679. The molecule has 1 heterocycles. The Labute approximate surface area is 122 Å². The molecule has 1 amide bonds. The summed E-state index contributed by atoms with van der Waals surface area (Å²) in [5.41, 5.74) is 0.705. The number of carbonyl (C=O) groups is 2. The van der Waals surface area contributed by atoms with Gasteiger partial charge in [0.2, 0.25) is 0 Å². The molecule has 2 N–H and O–H groups in total. The van der Waals surface area contributed by atoms with E-state index in [0.717, 1.165) is 6.08 Å². The van der Waals surface area contributed by atoms with E-state index < -0.39 is 5.97 Å². The lowest BCUT2D eigenvalue weighted by molar-refractivity contribution is -0.131. The van der Waals surface area contributed by atoms with E-state index in [1.54, 1.807) is 23.9 Å². The molecule has 0 atom stereocenters. The van der Waals surface area contributed by atoms with Crippen LogP contribution < -0.4 is 5.32 Å². The Hall–Kier alpha value is -1.82. The van der Waals surface area contributed by atoms with Gasteiger partial charge in [-0.2, -0.15) is 11.8 Å². The van der Waals surface area contributed by atoms with Gasteiger partial charge in [0.05, 0.1) is 0 Å². The first-order chi connectivity index (χ1) is 9.35. The molecule has 0 spiro atoms. The van der Waals surface area contributed by atoms with Crippen LogP contribution in [0, 0.1) is 0 Å². The van der Waals surface area contributed by atoms with Crippen LogP contribution >= 0.6 is 11.8 Å². The van der Waals surface area contributed by atoms with E-state index in [9.17, 15) is 9.59 Å². The largest absolute Gasteiger partial charge is 0.478 e. The number of rotatable bonds is 6. The lowest BCUT2D eigenvalue weighted by Crippen LogP contribution is -2.36. The van der Waals surface area contributed by atoms with E-state index in [1.807, 2.05) is 20.1 Å². The number of aromatic nitrogens is 1. The Morgan fingerprint density at radius 3 is 2.80 bits per heavy atom. The van der Waals surface area contributed by atoms with Gasteiger partial charge in [0, 0.05) is 29.1 Å². The maximum Gasteiger partial charge on any atom is 0.328 e. The van der Waals surface area contributed by atoms with Gasteiger partial charge in [0.15, 0.2) is 0 Å². The SMILES string of the molecule is CSC(C)(C)CNC(=O)c1ncccc1/C=C/C(=O)O. The molecule has 1 aromatic heterocycles. The van der Waals surface area contributed by atoms with E-state index in [2.05, 4.69) is 10.3 Å². The Morgan fingerprint density at radius 1 is 1.50 bits per heavy atom. The smallest absolute Gasteiger partial charge is 0.328 e. The molecule has 0 aliphatic rings. The van der Waals surface area contributed by atoms with Gasteiger partial charge in [-0.3, -0.25) is 9.78 Å². The zero-order chi connectivity index (χ0) is 15.2. The Bertz CT molecular complexity index is 527. The number of thioether (sulfide) groups is 1. The fraction of sp³-hybridized carbons (Fsp3) is 0.357. The zero-order valence-corrected chi connectivity index (χ0v) is 12.5. The number of aliphatic carboxylic acids is 1. The fourth-order valence-electron chi connectivity index (χ4n) is 1.35. The summed E-state index contributed by atoms with van der Waals surface area (Å²) in [4.78, 5) is 26.7. The van der Waals surface area contributed by atoms with Crippen LogP contribution in [0.25, 0.3) is 6.08 Å². The molecule has 0 bridgehead atoms. The number of carbonyl (C=O) groups excluding carboxylic acids is 1. The van der Waals surface area contributed by atoms with Crippen molar-refractivity contribution in [3.8, 4) is 0 Å². The third-order valence-corrected chi connectivity index (χ3v) is 3.94. The average molecular weight is 294 g/mol. The van der Waals surface area contributed by atoms with Gasteiger partial charge in [-0.1, -0.05) is 6.07 Å². The molecular formula is C14H18N2O3S. The minimum absolute atomic E-state index is 0.0679. The molecule has 0 saturated carbocycles. The minimum atomic E-state index is -1.07. The van der Waals surface area contributed by atoms with Crippen molar-refractivity contribution in [2.75, 3.05) is 12.8 Å². The number of hydrogen-bond donors (Lipinski definition) is 2. The summed E-state index contributed by atoms with van der Waals surface area (Å²) in [6.07, 6.45) is 5.84. The van der Waals surface area contributed by atoms with Crippen LogP contribution in [0.5, 0.6) is 0 Å². The number of carboxylic acid groups (broad SMARTS) is 1. The number of hydrogen-bond acceptors (Lipinski definition) is 4. The highest BCUT2D eigenvalue weighted by Crippen LogP contribution is 2.19. The predicted octanol–water partition coefficient (Wildman–Crippen LogP) is 2.05. The molecule has 0 radical (unpaired) electrons. The molecule has 0 aliphatic heterocycles. The van der Waals surface area contributed by atoms with Crippen LogP contribution in [0.2, 0.25) is 0 Å². The van der Waals surface area contributed by atoms with Gasteiger partial charge in [-0.05, 0) is 32.2 Å².